The van der Waals surface area contributed by atoms with E-state index in [0.29, 0.717) is 12.5 Å². The molecule has 1 amide bonds. The number of hydrogen-bond acceptors (Lipinski definition) is 3. The van der Waals surface area contributed by atoms with E-state index in [1.807, 2.05) is 40.9 Å². The Balaban J connectivity index is 1.49. The zero-order valence-electron chi connectivity index (χ0n) is 13.7. The number of amides is 1. The normalized spacial score (nSPS) is 18.1. The maximum Gasteiger partial charge on any atom is 0.222 e. The van der Waals surface area contributed by atoms with Crippen molar-refractivity contribution in [1.29, 1.82) is 0 Å². The van der Waals surface area contributed by atoms with Gasteiger partial charge in [0, 0.05) is 37.6 Å². The summed E-state index contributed by atoms with van der Waals surface area (Å²) in [4.78, 5) is 18.8. The first-order valence-corrected chi connectivity index (χ1v) is 8.41. The monoisotopic (exact) mass is 312 g/mol. The molecule has 1 atom stereocenters. The highest BCUT2D eigenvalue weighted by molar-refractivity contribution is 5.76. The number of likely N-dealkylation sites (tertiary alicyclic amines) is 1. The third-order valence-corrected chi connectivity index (χ3v) is 4.40. The van der Waals surface area contributed by atoms with E-state index in [2.05, 4.69) is 16.3 Å². The molecule has 3 heterocycles. The highest BCUT2D eigenvalue weighted by Crippen LogP contribution is 2.22. The van der Waals surface area contributed by atoms with Crippen LogP contribution in [0.4, 0.5) is 0 Å². The molecule has 0 spiro atoms. The fourth-order valence-corrected chi connectivity index (χ4v) is 3.15. The van der Waals surface area contributed by atoms with Crippen LogP contribution < -0.4 is 0 Å². The van der Waals surface area contributed by atoms with Gasteiger partial charge in [0.2, 0.25) is 5.91 Å². The molecule has 0 N–H and O–H groups in total. The molecule has 3 rings (SSSR count). The van der Waals surface area contributed by atoms with Crippen LogP contribution in [0.1, 0.15) is 43.0 Å². The first-order valence-electron chi connectivity index (χ1n) is 8.41. The van der Waals surface area contributed by atoms with Crippen LogP contribution in [-0.4, -0.2) is 38.7 Å². The van der Waals surface area contributed by atoms with Gasteiger partial charge in [-0.15, -0.1) is 0 Å². The summed E-state index contributed by atoms with van der Waals surface area (Å²) in [6.45, 7) is 3.70. The third kappa shape index (κ3) is 4.18. The molecule has 23 heavy (non-hydrogen) atoms. The summed E-state index contributed by atoms with van der Waals surface area (Å²) in [5, 5.41) is 4.41. The average Bonchev–Trinajstić information content (AvgIpc) is 3.02. The Morgan fingerprint density at radius 3 is 3.04 bits per heavy atom. The van der Waals surface area contributed by atoms with Crippen molar-refractivity contribution in [3.8, 4) is 0 Å². The van der Waals surface area contributed by atoms with E-state index in [4.69, 9.17) is 0 Å². The summed E-state index contributed by atoms with van der Waals surface area (Å²) in [7, 11) is 0. The molecule has 2 aromatic heterocycles. The number of hydrogen-bond donors (Lipinski definition) is 0. The zero-order chi connectivity index (χ0) is 16.1. The van der Waals surface area contributed by atoms with Crippen molar-refractivity contribution in [2.75, 3.05) is 13.1 Å². The van der Waals surface area contributed by atoms with Gasteiger partial charge >= 0.3 is 0 Å². The molecule has 0 saturated carbocycles. The Hall–Kier alpha value is -2.17. The standard InChI is InChI=1S/C18H24N4O/c1-15-12-20-22(13-15)17-8-5-11-21(14-17)18(23)9-4-7-16-6-2-3-10-19-16/h2-3,6,10,12-13,17H,4-5,7-9,11,14H2,1H3/t17-/m0/s1. The van der Waals surface area contributed by atoms with Crippen LogP contribution in [0.15, 0.2) is 36.8 Å². The fourth-order valence-electron chi connectivity index (χ4n) is 3.15. The molecule has 0 radical (unpaired) electrons. The van der Waals surface area contributed by atoms with E-state index in [9.17, 15) is 4.79 Å². The van der Waals surface area contributed by atoms with Crippen molar-refractivity contribution < 1.29 is 4.79 Å². The minimum Gasteiger partial charge on any atom is -0.341 e. The van der Waals surface area contributed by atoms with Crippen LogP contribution in [0.5, 0.6) is 0 Å². The second-order valence-corrected chi connectivity index (χ2v) is 6.31. The minimum atomic E-state index is 0.259. The van der Waals surface area contributed by atoms with Gasteiger partial charge in [-0.2, -0.15) is 5.10 Å². The maximum atomic E-state index is 12.4. The van der Waals surface area contributed by atoms with Gasteiger partial charge in [-0.3, -0.25) is 14.5 Å². The van der Waals surface area contributed by atoms with Gasteiger partial charge in [-0.1, -0.05) is 6.07 Å². The number of pyridine rings is 1. The predicted octanol–water partition coefficient (Wildman–Crippen LogP) is 2.77. The lowest BCUT2D eigenvalue weighted by Gasteiger charge is -2.33. The molecular formula is C18H24N4O. The van der Waals surface area contributed by atoms with E-state index in [1.54, 1.807) is 6.20 Å². The molecule has 0 unspecified atom stereocenters. The van der Waals surface area contributed by atoms with Crippen molar-refractivity contribution in [2.45, 2.75) is 45.1 Å². The van der Waals surface area contributed by atoms with Crippen molar-refractivity contribution in [3.63, 3.8) is 0 Å². The van der Waals surface area contributed by atoms with Crippen LogP contribution in [0, 0.1) is 6.92 Å². The van der Waals surface area contributed by atoms with Crippen molar-refractivity contribution >= 4 is 5.91 Å². The summed E-state index contributed by atoms with van der Waals surface area (Å²) in [5.74, 6) is 0.259. The molecule has 1 saturated heterocycles. The largest absolute Gasteiger partial charge is 0.341 e. The summed E-state index contributed by atoms with van der Waals surface area (Å²) >= 11 is 0. The summed E-state index contributed by atoms with van der Waals surface area (Å²) in [6, 6.07) is 6.24. The van der Waals surface area contributed by atoms with Crippen molar-refractivity contribution in [1.82, 2.24) is 19.7 Å². The van der Waals surface area contributed by atoms with Gasteiger partial charge in [0.15, 0.2) is 0 Å². The van der Waals surface area contributed by atoms with E-state index >= 15 is 0 Å². The number of aromatic nitrogens is 3. The summed E-state index contributed by atoms with van der Waals surface area (Å²) < 4.78 is 2.02. The fraction of sp³-hybridized carbons (Fsp3) is 0.500. The van der Waals surface area contributed by atoms with E-state index in [1.165, 1.54) is 5.56 Å². The molecule has 1 aliphatic rings. The average molecular weight is 312 g/mol. The molecular weight excluding hydrogens is 288 g/mol. The topological polar surface area (TPSA) is 51.0 Å². The quantitative estimate of drug-likeness (QED) is 0.853. The van der Waals surface area contributed by atoms with E-state index in [-0.39, 0.29) is 5.91 Å². The summed E-state index contributed by atoms with van der Waals surface area (Å²) in [5.41, 5.74) is 2.23. The highest BCUT2D eigenvalue weighted by atomic mass is 16.2. The van der Waals surface area contributed by atoms with E-state index in [0.717, 1.165) is 44.5 Å². The second kappa shape index (κ2) is 7.40. The maximum absolute atomic E-state index is 12.4. The molecule has 1 aliphatic heterocycles. The molecule has 2 aromatic rings. The zero-order valence-corrected chi connectivity index (χ0v) is 13.7. The van der Waals surface area contributed by atoms with Crippen LogP contribution in [0.3, 0.4) is 0 Å². The van der Waals surface area contributed by atoms with Gasteiger partial charge in [0.25, 0.3) is 0 Å². The molecule has 0 aliphatic carbocycles. The number of nitrogens with zero attached hydrogens (tertiary/aromatic N) is 4. The van der Waals surface area contributed by atoms with Crippen LogP contribution in [0.2, 0.25) is 0 Å². The lowest BCUT2D eigenvalue weighted by molar-refractivity contribution is -0.133. The third-order valence-electron chi connectivity index (χ3n) is 4.40. The first kappa shape index (κ1) is 15.7. The number of rotatable bonds is 5. The highest BCUT2D eigenvalue weighted by Gasteiger charge is 2.24. The Morgan fingerprint density at radius 2 is 2.30 bits per heavy atom. The summed E-state index contributed by atoms with van der Waals surface area (Å²) in [6.07, 6.45) is 10.2. The molecule has 122 valence electrons. The van der Waals surface area contributed by atoms with Crippen molar-refractivity contribution in [2.24, 2.45) is 0 Å². The van der Waals surface area contributed by atoms with E-state index < -0.39 is 0 Å². The van der Waals surface area contributed by atoms with Gasteiger partial charge in [-0.05, 0) is 50.3 Å². The number of carbonyl (C=O) groups excluding carboxylic acids is 1. The van der Waals surface area contributed by atoms with Gasteiger partial charge in [0.05, 0.1) is 12.2 Å². The molecule has 0 bridgehead atoms. The number of aryl methyl sites for hydroxylation is 2. The lowest BCUT2D eigenvalue weighted by atomic mass is 10.0. The first-order chi connectivity index (χ1) is 11.2. The van der Waals surface area contributed by atoms with Crippen molar-refractivity contribution in [3.05, 3.63) is 48.0 Å². The van der Waals surface area contributed by atoms with Crippen LogP contribution >= 0.6 is 0 Å². The Kier molecular flexibility index (Phi) is 5.05. The van der Waals surface area contributed by atoms with Gasteiger partial charge in [0.1, 0.15) is 0 Å². The lowest BCUT2D eigenvalue weighted by Crippen LogP contribution is -2.40. The number of piperidine rings is 1. The smallest absolute Gasteiger partial charge is 0.222 e. The minimum absolute atomic E-state index is 0.259. The SMILES string of the molecule is Cc1cnn([C@H]2CCCN(C(=O)CCCc3ccccn3)C2)c1. The molecule has 1 fully saturated rings. The molecule has 5 heteroatoms. The second-order valence-electron chi connectivity index (χ2n) is 6.31. The predicted molar refractivity (Wildman–Crippen MR) is 89.0 cm³/mol. The van der Waals surface area contributed by atoms with Gasteiger partial charge in [-0.25, -0.2) is 0 Å². The van der Waals surface area contributed by atoms with Crippen LogP contribution in [0.25, 0.3) is 0 Å². The molecule has 0 aromatic carbocycles. The molecule has 5 nitrogen and oxygen atoms in total. The van der Waals surface area contributed by atoms with Gasteiger partial charge < -0.3 is 4.90 Å². The Bertz CT molecular complexity index is 637. The van der Waals surface area contributed by atoms with Crippen LogP contribution in [-0.2, 0) is 11.2 Å². The Morgan fingerprint density at radius 1 is 1.39 bits per heavy atom. The number of carbonyl (C=O) groups is 1. The Labute approximate surface area is 137 Å².